The molecule has 0 rings (SSSR count). The SMILES string of the molecule is CCCC/C=C\C/C=C\CCCCCCCC(=O)OC(COC(=O)CCCCCCCCCCCC)COC(=O)CCCCCCCCCCC/C=C\CCCCCCCCCC. The van der Waals surface area contributed by atoms with E-state index in [9.17, 15) is 14.4 Å². The molecule has 0 aromatic carbocycles. The van der Waals surface area contributed by atoms with Gasteiger partial charge in [-0.05, 0) is 70.6 Å². The molecule has 0 aliphatic carbocycles. The summed E-state index contributed by atoms with van der Waals surface area (Å²) >= 11 is 0. The number of allylic oxidation sites excluding steroid dienone is 6. The molecule has 0 N–H and O–H groups in total. The van der Waals surface area contributed by atoms with Gasteiger partial charge in [-0.2, -0.15) is 0 Å². The Bertz CT molecular complexity index is 1060. The zero-order chi connectivity index (χ0) is 45.8. The summed E-state index contributed by atoms with van der Waals surface area (Å²) in [7, 11) is 0. The molecule has 6 heteroatoms. The van der Waals surface area contributed by atoms with Gasteiger partial charge < -0.3 is 14.2 Å². The molecule has 0 aromatic heterocycles. The standard InChI is InChI=1S/C57H104O6/c1-4-7-10-13-16-19-22-24-26-27-28-29-30-31-32-34-35-38-41-44-47-50-56(59)62-53-54(52-61-55(58)49-46-43-40-37-21-18-15-12-9-6-3)63-57(60)51-48-45-42-39-36-33-25-23-20-17-14-11-8-5-2/h14,17,23,25,27-28,54H,4-13,15-16,18-22,24,26,29-53H2,1-3H3/b17-14-,25-23-,28-27-. The Labute approximate surface area is 391 Å². The van der Waals surface area contributed by atoms with Crippen molar-refractivity contribution < 1.29 is 28.6 Å². The lowest BCUT2D eigenvalue weighted by molar-refractivity contribution is -0.167. The minimum absolute atomic E-state index is 0.0757. The molecule has 6 nitrogen and oxygen atoms in total. The zero-order valence-corrected chi connectivity index (χ0v) is 42.1. The number of ether oxygens (including phenoxy) is 3. The fourth-order valence-electron chi connectivity index (χ4n) is 7.93. The maximum Gasteiger partial charge on any atom is 0.306 e. The summed E-state index contributed by atoms with van der Waals surface area (Å²) in [5.74, 6) is -0.882. The molecule has 0 saturated carbocycles. The van der Waals surface area contributed by atoms with Gasteiger partial charge in [-0.15, -0.1) is 0 Å². The van der Waals surface area contributed by atoms with Crippen LogP contribution in [0.3, 0.4) is 0 Å². The van der Waals surface area contributed by atoms with E-state index >= 15 is 0 Å². The first-order valence-electron chi connectivity index (χ1n) is 27.5. The van der Waals surface area contributed by atoms with E-state index in [1.54, 1.807) is 0 Å². The Balaban J connectivity index is 4.27. The molecule has 63 heavy (non-hydrogen) atoms. The Morgan fingerprint density at radius 2 is 0.587 bits per heavy atom. The van der Waals surface area contributed by atoms with Crippen molar-refractivity contribution in [1.29, 1.82) is 0 Å². The Hall–Kier alpha value is -2.37. The van der Waals surface area contributed by atoms with E-state index < -0.39 is 6.10 Å². The van der Waals surface area contributed by atoms with Gasteiger partial charge in [0.25, 0.3) is 0 Å². The van der Waals surface area contributed by atoms with Crippen LogP contribution in [0.1, 0.15) is 290 Å². The molecule has 0 bridgehead atoms. The third kappa shape index (κ3) is 50.5. The van der Waals surface area contributed by atoms with E-state index in [0.717, 1.165) is 83.5 Å². The van der Waals surface area contributed by atoms with Crippen molar-refractivity contribution in [1.82, 2.24) is 0 Å². The van der Waals surface area contributed by atoms with Gasteiger partial charge >= 0.3 is 17.9 Å². The average Bonchev–Trinajstić information content (AvgIpc) is 3.28. The first-order chi connectivity index (χ1) is 31.0. The summed E-state index contributed by atoms with van der Waals surface area (Å²) in [5.41, 5.74) is 0. The van der Waals surface area contributed by atoms with E-state index in [2.05, 4.69) is 57.2 Å². The fraction of sp³-hybridized carbons (Fsp3) is 0.842. The first kappa shape index (κ1) is 60.6. The van der Waals surface area contributed by atoms with Crippen LogP contribution in [0.2, 0.25) is 0 Å². The van der Waals surface area contributed by atoms with E-state index in [0.29, 0.717) is 19.3 Å². The van der Waals surface area contributed by atoms with Crippen molar-refractivity contribution in [3.05, 3.63) is 36.5 Å². The van der Waals surface area contributed by atoms with Crippen molar-refractivity contribution in [3.63, 3.8) is 0 Å². The van der Waals surface area contributed by atoms with Crippen LogP contribution in [0.4, 0.5) is 0 Å². The lowest BCUT2D eigenvalue weighted by Crippen LogP contribution is -2.30. The van der Waals surface area contributed by atoms with Gasteiger partial charge in [-0.1, -0.05) is 237 Å². The van der Waals surface area contributed by atoms with Gasteiger partial charge in [-0.25, -0.2) is 0 Å². The number of carbonyl (C=O) groups excluding carboxylic acids is 3. The van der Waals surface area contributed by atoms with Crippen LogP contribution < -0.4 is 0 Å². The van der Waals surface area contributed by atoms with Crippen LogP contribution >= 0.6 is 0 Å². The van der Waals surface area contributed by atoms with Gasteiger partial charge in [0.15, 0.2) is 6.10 Å². The lowest BCUT2D eigenvalue weighted by Gasteiger charge is -2.18. The van der Waals surface area contributed by atoms with Crippen LogP contribution in [0.25, 0.3) is 0 Å². The molecule has 1 unspecified atom stereocenters. The van der Waals surface area contributed by atoms with Crippen molar-refractivity contribution in [3.8, 4) is 0 Å². The van der Waals surface area contributed by atoms with E-state index in [1.165, 1.54) is 167 Å². The van der Waals surface area contributed by atoms with Crippen LogP contribution in [-0.4, -0.2) is 37.2 Å². The predicted octanol–water partition coefficient (Wildman–Crippen LogP) is 18.1. The highest BCUT2D eigenvalue weighted by atomic mass is 16.6. The molecule has 0 saturated heterocycles. The second-order valence-corrected chi connectivity index (χ2v) is 18.5. The molecule has 0 aliphatic heterocycles. The summed E-state index contributed by atoms with van der Waals surface area (Å²) in [6, 6.07) is 0. The normalized spacial score (nSPS) is 12.2. The molecule has 1 atom stereocenters. The zero-order valence-electron chi connectivity index (χ0n) is 42.1. The molecular formula is C57H104O6. The van der Waals surface area contributed by atoms with Crippen LogP contribution in [0, 0.1) is 0 Å². The molecule has 0 aliphatic rings. The third-order valence-corrected chi connectivity index (χ3v) is 12.1. The summed E-state index contributed by atoms with van der Waals surface area (Å²) in [6.07, 6.45) is 61.4. The van der Waals surface area contributed by atoms with E-state index in [4.69, 9.17) is 14.2 Å². The highest BCUT2D eigenvalue weighted by molar-refractivity contribution is 5.71. The predicted molar refractivity (Wildman–Crippen MR) is 270 cm³/mol. The number of unbranched alkanes of at least 4 members (excludes halogenated alkanes) is 33. The quantitative estimate of drug-likeness (QED) is 0.0262. The number of hydrogen-bond acceptors (Lipinski definition) is 6. The average molecular weight is 885 g/mol. The number of esters is 3. The van der Waals surface area contributed by atoms with Crippen LogP contribution in [-0.2, 0) is 28.6 Å². The van der Waals surface area contributed by atoms with Crippen molar-refractivity contribution in [2.24, 2.45) is 0 Å². The Morgan fingerprint density at radius 1 is 0.317 bits per heavy atom. The summed E-state index contributed by atoms with van der Waals surface area (Å²) in [5, 5.41) is 0. The Kier molecular flexibility index (Phi) is 50.3. The molecule has 0 radical (unpaired) electrons. The molecule has 0 fully saturated rings. The van der Waals surface area contributed by atoms with Crippen molar-refractivity contribution in [2.45, 2.75) is 297 Å². The smallest absolute Gasteiger partial charge is 0.306 e. The summed E-state index contributed by atoms with van der Waals surface area (Å²) in [6.45, 7) is 6.60. The maximum atomic E-state index is 12.8. The highest BCUT2D eigenvalue weighted by Gasteiger charge is 2.19. The topological polar surface area (TPSA) is 78.9 Å². The Morgan fingerprint density at radius 3 is 0.937 bits per heavy atom. The monoisotopic (exact) mass is 885 g/mol. The number of rotatable bonds is 50. The third-order valence-electron chi connectivity index (χ3n) is 12.1. The molecule has 0 spiro atoms. The molecule has 0 amide bonds. The maximum absolute atomic E-state index is 12.8. The van der Waals surface area contributed by atoms with Gasteiger partial charge in [-0.3, -0.25) is 14.4 Å². The molecular weight excluding hydrogens is 781 g/mol. The largest absolute Gasteiger partial charge is 0.462 e. The van der Waals surface area contributed by atoms with Gasteiger partial charge in [0.2, 0.25) is 0 Å². The number of carbonyl (C=O) groups is 3. The summed E-state index contributed by atoms with van der Waals surface area (Å²) < 4.78 is 16.8. The van der Waals surface area contributed by atoms with E-state index in [1.807, 2.05) is 0 Å². The summed E-state index contributed by atoms with van der Waals surface area (Å²) in [4.78, 5) is 38.0. The second-order valence-electron chi connectivity index (χ2n) is 18.5. The van der Waals surface area contributed by atoms with Crippen molar-refractivity contribution >= 4 is 17.9 Å². The van der Waals surface area contributed by atoms with Gasteiger partial charge in [0, 0.05) is 19.3 Å². The second kappa shape index (κ2) is 52.3. The van der Waals surface area contributed by atoms with Crippen molar-refractivity contribution in [2.75, 3.05) is 13.2 Å². The lowest BCUT2D eigenvalue weighted by atomic mass is 10.1. The van der Waals surface area contributed by atoms with Crippen LogP contribution in [0.15, 0.2) is 36.5 Å². The number of hydrogen-bond donors (Lipinski definition) is 0. The highest BCUT2D eigenvalue weighted by Crippen LogP contribution is 2.16. The minimum Gasteiger partial charge on any atom is -0.462 e. The minimum atomic E-state index is -0.776. The fourth-order valence-corrected chi connectivity index (χ4v) is 7.93. The first-order valence-corrected chi connectivity index (χ1v) is 27.5. The molecule has 368 valence electrons. The van der Waals surface area contributed by atoms with Gasteiger partial charge in [0.1, 0.15) is 13.2 Å². The van der Waals surface area contributed by atoms with Crippen LogP contribution in [0.5, 0.6) is 0 Å². The van der Waals surface area contributed by atoms with E-state index in [-0.39, 0.29) is 31.1 Å². The molecule has 0 aromatic rings. The molecule has 0 heterocycles. The van der Waals surface area contributed by atoms with Gasteiger partial charge in [0.05, 0.1) is 0 Å².